The Balaban J connectivity index is -0.0000000183. The predicted molar refractivity (Wildman–Crippen MR) is 41.7 cm³/mol. The maximum atomic E-state index is 3.00. The van der Waals surface area contributed by atoms with Gasteiger partial charge in [-0.2, -0.15) is 0 Å². The van der Waals surface area contributed by atoms with E-state index in [1.807, 2.05) is 26.0 Å². The summed E-state index contributed by atoms with van der Waals surface area (Å²) >= 11 is 0. The second-order valence-corrected chi connectivity index (χ2v) is 1.34. The highest BCUT2D eigenvalue weighted by Gasteiger charge is 1.58. The summed E-state index contributed by atoms with van der Waals surface area (Å²) in [4.78, 5) is 2.00. The first-order valence-corrected chi connectivity index (χ1v) is 1.84. The minimum atomic E-state index is 0. The molecule has 0 aromatic heterocycles. The third-order valence-corrected chi connectivity index (χ3v) is 0. The highest BCUT2D eigenvalue weighted by Crippen LogP contribution is 1.47. The van der Waals surface area contributed by atoms with Crippen molar-refractivity contribution < 1.29 is 5.48 Å². The minimum absolute atomic E-state index is 0. The van der Waals surface area contributed by atoms with Gasteiger partial charge in [-0.1, -0.05) is 0 Å². The maximum absolute atomic E-state index is 3.00. The lowest BCUT2D eigenvalue weighted by atomic mass is 11.0. The molecule has 0 atom stereocenters. The largest absolute Gasteiger partial charge is 0.412 e. The second kappa shape index (κ2) is 28.3. The zero-order valence-electron chi connectivity index (χ0n) is 5.77. The van der Waals surface area contributed by atoms with Crippen LogP contribution in [0.2, 0.25) is 0 Å². The first-order valence-electron chi connectivity index (χ1n) is 1.84. The summed E-state index contributed by atoms with van der Waals surface area (Å²) in [6.07, 6.45) is 0. The van der Waals surface area contributed by atoms with Gasteiger partial charge in [-0.05, 0) is 21.1 Å². The van der Waals surface area contributed by atoms with Crippen LogP contribution in [0.25, 0.3) is 0 Å². The van der Waals surface area contributed by atoms with E-state index in [1.165, 1.54) is 0 Å². The Hall–Kier alpha value is -0.0500. The van der Waals surface area contributed by atoms with Gasteiger partial charge in [0.1, 0.15) is 0 Å². The number of hydrogen-bond acceptors (Lipinski definition) is 1. The van der Waals surface area contributed by atoms with Crippen molar-refractivity contribution in [3.63, 3.8) is 0 Å². The molecule has 0 saturated heterocycles. The van der Waals surface area contributed by atoms with Gasteiger partial charge in [-0.25, -0.2) is 0 Å². The van der Waals surface area contributed by atoms with E-state index in [0.29, 0.717) is 0 Å². The Labute approximate surface area is 57.9 Å². The van der Waals surface area contributed by atoms with Crippen molar-refractivity contribution in [3.05, 3.63) is 13.2 Å². The normalized spacial score (nSPS) is 5.00. The molecule has 0 aliphatic rings. The van der Waals surface area contributed by atoms with E-state index >= 15 is 0 Å². The maximum Gasteiger partial charge on any atom is -0.0140 e. The molecule has 2 nitrogen and oxygen atoms in total. The Morgan fingerprint density at radius 2 is 1.00 bits per heavy atom. The van der Waals surface area contributed by atoms with E-state index in [0.717, 1.165) is 0 Å². The summed E-state index contributed by atoms with van der Waals surface area (Å²) in [5, 5.41) is 0. The molecule has 0 rings (SSSR count). The molecule has 0 fully saturated rings. The molecule has 0 aromatic rings. The highest BCUT2D eigenvalue weighted by atomic mass is 35.5. The summed E-state index contributed by atoms with van der Waals surface area (Å²) < 4.78 is 0. The molecule has 3 heteroatoms. The van der Waals surface area contributed by atoms with Gasteiger partial charge in [0.15, 0.2) is 0 Å². The van der Waals surface area contributed by atoms with Crippen LogP contribution in [0.1, 0.15) is 0 Å². The van der Waals surface area contributed by atoms with Crippen LogP contribution in [0.3, 0.4) is 0 Å². The molecule has 0 spiro atoms. The molecular weight excluding hydrogens is 126 g/mol. The van der Waals surface area contributed by atoms with Gasteiger partial charge < -0.3 is 10.4 Å². The molecule has 0 amide bonds. The zero-order chi connectivity index (χ0) is 5.58. The van der Waals surface area contributed by atoms with Crippen molar-refractivity contribution in [2.75, 3.05) is 21.1 Å². The van der Waals surface area contributed by atoms with Crippen LogP contribution in [0.4, 0.5) is 0 Å². The quantitative estimate of drug-likeness (QED) is 0.455. The molecule has 0 aliphatic carbocycles. The summed E-state index contributed by atoms with van der Waals surface area (Å²) in [5.74, 6) is 0. The van der Waals surface area contributed by atoms with Crippen molar-refractivity contribution >= 4 is 12.4 Å². The lowest BCUT2D eigenvalue weighted by molar-refractivity contribution is 0.505. The van der Waals surface area contributed by atoms with Crippen LogP contribution in [0, 0.1) is 0 Å². The van der Waals surface area contributed by atoms with Crippen LogP contribution in [0.5, 0.6) is 0 Å². The van der Waals surface area contributed by atoms with Crippen molar-refractivity contribution in [3.8, 4) is 0 Å². The van der Waals surface area contributed by atoms with Gasteiger partial charge in [0.2, 0.25) is 0 Å². The number of nitrogens with zero attached hydrogens (tertiary/aromatic N) is 1. The van der Waals surface area contributed by atoms with E-state index < -0.39 is 0 Å². The van der Waals surface area contributed by atoms with E-state index in [1.54, 1.807) is 0 Å². The first kappa shape index (κ1) is 24.6. The molecule has 0 unspecified atom stereocenters. The molecule has 54 valence electrons. The molecule has 0 aliphatic heterocycles. The fraction of sp³-hybridized carbons (Fsp3) is 0.600. The van der Waals surface area contributed by atoms with E-state index in [-0.39, 0.29) is 17.9 Å². The number of hydrogen-bond donors (Lipinski definition) is 0. The van der Waals surface area contributed by atoms with Crippen LogP contribution < -0.4 is 0 Å². The average molecular weight is 142 g/mol. The lowest BCUT2D eigenvalue weighted by Crippen LogP contribution is -1.99. The Kier molecular flexibility index (Phi) is 87.0. The fourth-order valence-corrected chi connectivity index (χ4v) is 0. The smallest absolute Gasteiger partial charge is 0.0140 e. The monoisotopic (exact) mass is 141 g/mol. The van der Waals surface area contributed by atoms with Crippen LogP contribution >= 0.6 is 12.4 Å². The van der Waals surface area contributed by atoms with Gasteiger partial charge >= 0.3 is 0 Å². The third kappa shape index (κ3) is 58300. The van der Waals surface area contributed by atoms with Gasteiger partial charge in [0, 0.05) is 0 Å². The van der Waals surface area contributed by atoms with Gasteiger partial charge in [-0.15, -0.1) is 25.6 Å². The van der Waals surface area contributed by atoms with Crippen molar-refractivity contribution in [2.24, 2.45) is 0 Å². The van der Waals surface area contributed by atoms with Crippen molar-refractivity contribution in [1.82, 2.24) is 4.90 Å². The number of halogens is 1. The van der Waals surface area contributed by atoms with Gasteiger partial charge in [0.05, 0.1) is 0 Å². The third-order valence-electron chi connectivity index (χ3n) is 0. The Morgan fingerprint density at radius 1 is 1.00 bits per heavy atom. The van der Waals surface area contributed by atoms with E-state index in [4.69, 9.17) is 0 Å². The van der Waals surface area contributed by atoms with Crippen molar-refractivity contribution in [1.29, 1.82) is 0 Å². The predicted octanol–water partition coefficient (Wildman–Crippen LogP) is 0.577. The molecule has 0 radical (unpaired) electrons. The molecule has 2 N–H and O–H groups in total. The summed E-state index contributed by atoms with van der Waals surface area (Å²) in [7, 11) is 6.00. The van der Waals surface area contributed by atoms with Crippen LogP contribution in [-0.4, -0.2) is 31.5 Å². The molecule has 8 heavy (non-hydrogen) atoms. The minimum Gasteiger partial charge on any atom is -0.412 e. The molecule has 0 saturated carbocycles. The number of rotatable bonds is 0. The summed E-state index contributed by atoms with van der Waals surface area (Å²) in [6.45, 7) is 6.00. The zero-order valence-corrected chi connectivity index (χ0v) is 6.59. The first-order chi connectivity index (χ1) is 2.73. The molecule has 0 bridgehead atoms. The summed E-state index contributed by atoms with van der Waals surface area (Å²) in [6, 6.07) is 0. The SMILES string of the molecule is C=C.CN(C)C.Cl.O. The average Bonchev–Trinajstić information content (AvgIpc) is 1.41. The fourth-order valence-electron chi connectivity index (χ4n) is 0. The standard InChI is InChI=1S/C3H9N.C2H4.ClH.H2O/c1-4(2)3;1-2;;/h1-3H3;1-2H2;1H;1H2. The molecular formula is C5H16ClNO. The second-order valence-electron chi connectivity index (χ2n) is 1.34. The highest BCUT2D eigenvalue weighted by molar-refractivity contribution is 5.85. The van der Waals surface area contributed by atoms with Crippen molar-refractivity contribution in [2.45, 2.75) is 0 Å². The molecule has 0 heterocycles. The van der Waals surface area contributed by atoms with E-state index in [9.17, 15) is 0 Å². The molecule has 0 aromatic carbocycles. The van der Waals surface area contributed by atoms with Crippen LogP contribution in [-0.2, 0) is 0 Å². The Morgan fingerprint density at radius 3 is 1.00 bits per heavy atom. The summed E-state index contributed by atoms with van der Waals surface area (Å²) in [5.41, 5.74) is 0. The van der Waals surface area contributed by atoms with Gasteiger partial charge in [-0.3, -0.25) is 0 Å². The topological polar surface area (TPSA) is 34.7 Å². The lowest BCUT2D eigenvalue weighted by Gasteiger charge is -1.90. The Bertz CT molecular complexity index is 23.6. The van der Waals surface area contributed by atoms with Crippen LogP contribution in [0.15, 0.2) is 13.2 Å². The van der Waals surface area contributed by atoms with Gasteiger partial charge in [0.25, 0.3) is 0 Å². The van der Waals surface area contributed by atoms with E-state index in [2.05, 4.69) is 13.2 Å².